The van der Waals surface area contributed by atoms with E-state index in [1.165, 1.54) is 0 Å². The number of nitrogens with zero attached hydrogens (tertiary/aromatic N) is 2. The number of phosphoric ester groups is 1. The van der Waals surface area contributed by atoms with E-state index < -0.39 is 7.82 Å². The summed E-state index contributed by atoms with van der Waals surface area (Å²) in [5, 5.41) is 8.39. The molecule has 0 amide bonds. The van der Waals surface area contributed by atoms with Gasteiger partial charge < -0.3 is 73.5 Å². The first-order valence-electron chi connectivity index (χ1n) is 5.69. The number of aliphatic hydroxyl groups is 1. The molecule has 0 atom stereocenters. The van der Waals surface area contributed by atoms with Gasteiger partial charge in [-0.15, -0.1) is 0 Å². The molecule has 3 N–H and O–H groups in total. The Morgan fingerprint density at radius 3 is 1.26 bits per heavy atom. The molecule has 0 bridgehead atoms. The Labute approximate surface area is 195 Å². The second kappa shape index (κ2) is 20.7. The van der Waals surface area contributed by atoms with Crippen LogP contribution in [0.25, 0.3) is 0 Å². The SMILES string of the molecule is C[N+](C)(C)CCO.C[N+](C)(C)CCOP(=O)(O)O.[Ca+2].[Cl-].[Cl-].[Cl-].[Cl-]. The van der Waals surface area contributed by atoms with Crippen molar-refractivity contribution in [1.82, 2.24) is 0 Å². The third kappa shape index (κ3) is 59.0. The average molecular weight is 470 g/mol. The van der Waals surface area contributed by atoms with Crippen molar-refractivity contribution in [2.75, 3.05) is 68.6 Å². The van der Waals surface area contributed by atoms with E-state index in [9.17, 15) is 4.57 Å². The minimum Gasteiger partial charge on any atom is -1.00 e. The van der Waals surface area contributed by atoms with Gasteiger partial charge in [0, 0.05) is 0 Å². The Balaban J connectivity index is -0.0000000387. The maximum Gasteiger partial charge on any atom is 2.00 e. The Morgan fingerprint density at radius 2 is 1.13 bits per heavy atom. The van der Waals surface area contributed by atoms with Gasteiger partial charge in [0.05, 0.1) is 48.9 Å². The summed E-state index contributed by atoms with van der Waals surface area (Å²) >= 11 is 0. The minimum atomic E-state index is -4.26. The summed E-state index contributed by atoms with van der Waals surface area (Å²) < 4.78 is 15.9. The first kappa shape index (κ1) is 44.7. The summed E-state index contributed by atoms with van der Waals surface area (Å²) in [5.41, 5.74) is 0. The Bertz CT molecular complexity index is 275. The second-order valence-corrected chi connectivity index (χ2v) is 7.31. The molecule has 23 heavy (non-hydrogen) atoms. The number of aliphatic hydroxyl groups excluding tert-OH is 1. The first-order chi connectivity index (χ1) is 7.77. The van der Waals surface area contributed by atoms with E-state index in [1.54, 1.807) is 0 Å². The van der Waals surface area contributed by atoms with Gasteiger partial charge in [0.2, 0.25) is 0 Å². The quantitative estimate of drug-likeness (QED) is 0.204. The molecular formula is C10H29CaCl4N2O5P. The molecule has 0 spiro atoms. The van der Waals surface area contributed by atoms with E-state index in [4.69, 9.17) is 14.9 Å². The Morgan fingerprint density at radius 1 is 0.826 bits per heavy atom. The molecule has 0 fully saturated rings. The topological polar surface area (TPSA) is 87.0 Å². The maximum absolute atomic E-state index is 10.2. The number of phosphoric acid groups is 1. The van der Waals surface area contributed by atoms with Crippen molar-refractivity contribution in [2.24, 2.45) is 0 Å². The van der Waals surface area contributed by atoms with Gasteiger partial charge in [-0.3, -0.25) is 4.52 Å². The summed E-state index contributed by atoms with van der Waals surface area (Å²) in [6, 6.07) is 0. The Kier molecular flexibility index (Phi) is 40.2. The van der Waals surface area contributed by atoms with Crippen molar-refractivity contribution in [1.29, 1.82) is 0 Å². The van der Waals surface area contributed by atoms with E-state index in [1.807, 2.05) is 21.1 Å². The molecule has 0 heterocycles. The molecule has 0 saturated carbocycles. The Hall–Kier alpha value is 2.41. The smallest absolute Gasteiger partial charge is 1.00 e. The molecule has 144 valence electrons. The zero-order valence-corrected chi connectivity index (χ0v) is 20.7. The first-order valence-corrected chi connectivity index (χ1v) is 7.22. The maximum atomic E-state index is 10.2. The molecule has 0 aromatic heterocycles. The molecule has 0 aliphatic heterocycles. The van der Waals surface area contributed by atoms with E-state index in [0.29, 0.717) is 11.0 Å². The molecular weight excluding hydrogens is 441 g/mol. The van der Waals surface area contributed by atoms with E-state index in [-0.39, 0.29) is 101 Å². The van der Waals surface area contributed by atoms with Crippen molar-refractivity contribution < 1.29 is 82.6 Å². The number of rotatable bonds is 6. The number of halogens is 4. The van der Waals surface area contributed by atoms with Crippen molar-refractivity contribution in [2.45, 2.75) is 0 Å². The van der Waals surface area contributed by atoms with Gasteiger partial charge in [0.15, 0.2) is 0 Å². The minimum absolute atomic E-state index is 0. The second-order valence-electron chi connectivity index (χ2n) is 6.08. The van der Waals surface area contributed by atoms with Gasteiger partial charge in [-0.1, -0.05) is 0 Å². The summed E-state index contributed by atoms with van der Waals surface area (Å²) in [7, 11) is 7.65. The molecule has 0 aliphatic rings. The van der Waals surface area contributed by atoms with Crippen LogP contribution < -0.4 is 49.6 Å². The van der Waals surface area contributed by atoms with E-state index in [2.05, 4.69) is 25.7 Å². The van der Waals surface area contributed by atoms with Crippen molar-refractivity contribution in [3.8, 4) is 0 Å². The van der Waals surface area contributed by atoms with Gasteiger partial charge in [-0.25, -0.2) is 4.57 Å². The molecule has 0 aromatic rings. The predicted molar refractivity (Wildman–Crippen MR) is 76.6 cm³/mol. The van der Waals surface area contributed by atoms with Crippen LogP contribution in [0.1, 0.15) is 0 Å². The largest absolute Gasteiger partial charge is 2.00 e. The molecule has 0 rings (SSSR count). The summed E-state index contributed by atoms with van der Waals surface area (Å²) in [6.07, 6.45) is 0. The van der Waals surface area contributed by atoms with Crippen LogP contribution in [0.15, 0.2) is 0 Å². The van der Waals surface area contributed by atoms with Crippen molar-refractivity contribution in [3.63, 3.8) is 0 Å². The monoisotopic (exact) mass is 468 g/mol. The van der Waals surface area contributed by atoms with Crippen molar-refractivity contribution >= 4 is 45.6 Å². The molecule has 7 nitrogen and oxygen atoms in total. The number of hydrogen-bond acceptors (Lipinski definition) is 3. The van der Waals surface area contributed by atoms with Gasteiger partial charge in [0.25, 0.3) is 0 Å². The van der Waals surface area contributed by atoms with Gasteiger partial charge in [-0.05, 0) is 0 Å². The molecule has 0 unspecified atom stereocenters. The van der Waals surface area contributed by atoms with Crippen LogP contribution in [0, 0.1) is 0 Å². The van der Waals surface area contributed by atoms with E-state index in [0.717, 1.165) is 11.0 Å². The molecule has 0 aromatic carbocycles. The van der Waals surface area contributed by atoms with Crippen LogP contribution in [0.4, 0.5) is 0 Å². The zero-order chi connectivity index (χ0) is 15.0. The summed E-state index contributed by atoms with van der Waals surface area (Å²) in [6.45, 7) is 1.77. The molecule has 0 aliphatic carbocycles. The number of quaternary nitrogens is 2. The predicted octanol–water partition coefficient (Wildman–Crippen LogP) is -12.9. The normalized spacial score (nSPS) is 10.1. The van der Waals surface area contributed by atoms with Crippen LogP contribution in [0.3, 0.4) is 0 Å². The summed E-state index contributed by atoms with van der Waals surface area (Å²) in [4.78, 5) is 16.6. The molecule has 13 heteroatoms. The number of likely N-dealkylation sites (N-methyl/N-ethyl adjacent to an activating group) is 2. The van der Waals surface area contributed by atoms with Crippen LogP contribution in [0.5, 0.6) is 0 Å². The van der Waals surface area contributed by atoms with Gasteiger partial charge >= 0.3 is 45.6 Å². The average Bonchev–Trinajstić information content (AvgIpc) is 1.96. The van der Waals surface area contributed by atoms with Crippen LogP contribution in [-0.4, -0.2) is 130 Å². The fourth-order valence-corrected chi connectivity index (χ4v) is 1.05. The third-order valence-corrected chi connectivity index (χ3v) is 2.31. The standard InChI is InChI=1S/C5H14NO4P.C5H14NO.Ca.4ClH/c1-6(2,3)4-5-10-11(7,8)9;1-6(2,3)4-5-7;;;;;/h4-5H2,1-3H3,(H-,7,8,9);7H,4-5H2,1-3H3;;4*1H/q;+1;+2;;;;/p-3. The van der Waals surface area contributed by atoms with Gasteiger partial charge in [0.1, 0.15) is 19.7 Å². The van der Waals surface area contributed by atoms with Crippen molar-refractivity contribution in [3.05, 3.63) is 0 Å². The fourth-order valence-electron chi connectivity index (χ4n) is 0.734. The van der Waals surface area contributed by atoms with Crippen LogP contribution in [0.2, 0.25) is 0 Å². The number of hydrogen-bond donors (Lipinski definition) is 3. The van der Waals surface area contributed by atoms with Crippen LogP contribution >= 0.6 is 7.82 Å². The fraction of sp³-hybridized carbons (Fsp3) is 1.00. The summed E-state index contributed by atoms with van der Waals surface area (Å²) in [5.74, 6) is 0. The third-order valence-electron chi connectivity index (χ3n) is 1.79. The van der Waals surface area contributed by atoms with Gasteiger partial charge in [-0.2, -0.15) is 0 Å². The van der Waals surface area contributed by atoms with Crippen LogP contribution in [-0.2, 0) is 9.09 Å². The molecule has 0 radical (unpaired) electrons. The zero-order valence-electron chi connectivity index (χ0n) is 14.5. The van der Waals surface area contributed by atoms with E-state index >= 15 is 0 Å². The molecule has 0 saturated heterocycles.